The first kappa shape index (κ1) is 18.0. The number of aliphatic hydroxyl groups is 1. The van der Waals surface area contributed by atoms with E-state index in [0.29, 0.717) is 6.61 Å². The Hall–Kier alpha value is -2.37. The van der Waals surface area contributed by atoms with Gasteiger partial charge in [0.25, 0.3) is 0 Å². The number of likely N-dealkylation sites (tertiary alicyclic amines) is 1. The van der Waals surface area contributed by atoms with Crippen molar-refractivity contribution in [1.29, 1.82) is 0 Å². The summed E-state index contributed by atoms with van der Waals surface area (Å²) < 4.78 is 5.95. The van der Waals surface area contributed by atoms with Crippen LogP contribution in [0, 0.1) is 13.8 Å². The van der Waals surface area contributed by atoms with Gasteiger partial charge in [0, 0.05) is 19.6 Å². The molecule has 5 heteroatoms. The lowest BCUT2D eigenvalue weighted by Gasteiger charge is -2.38. The zero-order chi connectivity index (χ0) is 18.9. The van der Waals surface area contributed by atoms with Crippen LogP contribution in [0.2, 0.25) is 0 Å². The van der Waals surface area contributed by atoms with Gasteiger partial charge < -0.3 is 14.8 Å². The summed E-state index contributed by atoms with van der Waals surface area (Å²) in [4.78, 5) is 9.82. The normalized spacial score (nSPS) is 17.3. The van der Waals surface area contributed by atoms with Gasteiger partial charge in [0.05, 0.1) is 17.4 Å². The second kappa shape index (κ2) is 7.33. The van der Waals surface area contributed by atoms with Crippen molar-refractivity contribution in [2.45, 2.75) is 38.8 Å². The fourth-order valence-corrected chi connectivity index (χ4v) is 3.78. The van der Waals surface area contributed by atoms with Gasteiger partial charge in [-0.25, -0.2) is 4.98 Å². The molecule has 1 fully saturated rings. The van der Waals surface area contributed by atoms with Crippen LogP contribution in [0.1, 0.15) is 29.5 Å². The number of rotatable bonds is 5. The van der Waals surface area contributed by atoms with E-state index in [1.807, 2.05) is 19.1 Å². The molecule has 2 N–H and O–H groups in total. The molecule has 0 unspecified atom stereocenters. The third-order valence-corrected chi connectivity index (χ3v) is 5.50. The molecule has 1 aliphatic heterocycles. The van der Waals surface area contributed by atoms with Gasteiger partial charge in [0.15, 0.2) is 0 Å². The van der Waals surface area contributed by atoms with Crippen LogP contribution in [0.5, 0.6) is 5.75 Å². The van der Waals surface area contributed by atoms with Gasteiger partial charge >= 0.3 is 0 Å². The van der Waals surface area contributed by atoms with Crippen molar-refractivity contribution in [3.05, 3.63) is 59.4 Å². The minimum Gasteiger partial charge on any atom is -0.490 e. The molecule has 1 aliphatic rings. The van der Waals surface area contributed by atoms with Gasteiger partial charge in [-0.05, 0) is 56.0 Å². The van der Waals surface area contributed by atoms with Crippen LogP contribution < -0.4 is 4.74 Å². The third-order valence-electron chi connectivity index (χ3n) is 5.50. The van der Waals surface area contributed by atoms with Gasteiger partial charge in [0.2, 0.25) is 0 Å². The average molecular weight is 365 g/mol. The molecular weight excluding hydrogens is 338 g/mol. The molecule has 0 aliphatic carbocycles. The highest BCUT2D eigenvalue weighted by Gasteiger charge is 2.33. The number of nitrogens with one attached hydrogen (secondary N) is 1. The molecule has 0 radical (unpaired) electrons. The Morgan fingerprint density at radius 2 is 1.96 bits per heavy atom. The number of aryl methyl sites for hydroxylation is 2. The highest BCUT2D eigenvalue weighted by molar-refractivity contribution is 5.74. The topological polar surface area (TPSA) is 61.4 Å². The molecule has 1 aromatic heterocycles. The Kier molecular flexibility index (Phi) is 4.89. The number of aromatic amines is 1. The van der Waals surface area contributed by atoms with Crippen molar-refractivity contribution in [3.8, 4) is 5.75 Å². The van der Waals surface area contributed by atoms with Crippen molar-refractivity contribution in [3.63, 3.8) is 0 Å². The van der Waals surface area contributed by atoms with Gasteiger partial charge in [-0.2, -0.15) is 0 Å². The van der Waals surface area contributed by atoms with Crippen LogP contribution in [0.3, 0.4) is 0 Å². The number of nitrogens with zero attached hydrogens (tertiary/aromatic N) is 2. The average Bonchev–Trinajstić information content (AvgIpc) is 3.11. The van der Waals surface area contributed by atoms with E-state index < -0.39 is 5.60 Å². The lowest BCUT2D eigenvalue weighted by Crippen LogP contribution is -2.47. The van der Waals surface area contributed by atoms with Crippen molar-refractivity contribution in [1.82, 2.24) is 14.9 Å². The molecular formula is C22H27N3O2. The molecule has 0 atom stereocenters. The number of piperidine rings is 1. The van der Waals surface area contributed by atoms with Gasteiger partial charge in [-0.3, -0.25) is 4.90 Å². The van der Waals surface area contributed by atoms with E-state index in [-0.39, 0.29) is 0 Å². The maximum atomic E-state index is 10.9. The second-order valence-electron chi connectivity index (χ2n) is 7.81. The monoisotopic (exact) mass is 365 g/mol. The van der Waals surface area contributed by atoms with Crippen molar-refractivity contribution in [2.75, 3.05) is 19.7 Å². The number of imidazole rings is 1. The fourth-order valence-electron chi connectivity index (χ4n) is 3.78. The van der Waals surface area contributed by atoms with Gasteiger partial charge in [0.1, 0.15) is 18.0 Å². The number of aromatic nitrogens is 2. The van der Waals surface area contributed by atoms with E-state index in [4.69, 9.17) is 4.74 Å². The Balaban J connectivity index is 1.32. The minimum atomic E-state index is -0.749. The van der Waals surface area contributed by atoms with Gasteiger partial charge in [-0.1, -0.05) is 23.8 Å². The molecule has 4 rings (SSSR count). The quantitative estimate of drug-likeness (QED) is 0.725. The number of ether oxygens (including phenoxy) is 1. The third kappa shape index (κ3) is 4.15. The molecule has 0 spiro atoms. The van der Waals surface area contributed by atoms with Crippen LogP contribution in [-0.4, -0.2) is 45.3 Å². The van der Waals surface area contributed by atoms with Crippen LogP contribution in [0.4, 0.5) is 0 Å². The summed E-state index contributed by atoms with van der Waals surface area (Å²) in [5.74, 6) is 0.865. The first-order valence-electron chi connectivity index (χ1n) is 9.58. The Morgan fingerprint density at radius 3 is 2.74 bits per heavy atom. The Labute approximate surface area is 160 Å². The van der Waals surface area contributed by atoms with E-state index in [1.165, 1.54) is 11.1 Å². The fraction of sp³-hybridized carbons (Fsp3) is 0.409. The molecule has 2 heterocycles. The van der Waals surface area contributed by atoms with Crippen molar-refractivity contribution in [2.24, 2.45) is 0 Å². The van der Waals surface area contributed by atoms with Crippen LogP contribution in [0.25, 0.3) is 11.0 Å². The lowest BCUT2D eigenvalue weighted by atomic mass is 9.92. The highest BCUT2D eigenvalue weighted by Crippen LogP contribution is 2.26. The zero-order valence-corrected chi connectivity index (χ0v) is 16.0. The maximum Gasteiger partial charge on any atom is 0.122 e. The van der Waals surface area contributed by atoms with Crippen molar-refractivity contribution < 1.29 is 9.84 Å². The molecule has 3 aromatic rings. The summed E-state index contributed by atoms with van der Waals surface area (Å²) in [6.07, 6.45) is 3.18. The highest BCUT2D eigenvalue weighted by atomic mass is 16.5. The van der Waals surface area contributed by atoms with Crippen molar-refractivity contribution >= 4 is 11.0 Å². The molecule has 27 heavy (non-hydrogen) atoms. The van der Waals surface area contributed by atoms with Gasteiger partial charge in [-0.15, -0.1) is 0 Å². The largest absolute Gasteiger partial charge is 0.490 e. The Bertz CT molecular complexity index is 926. The molecule has 5 nitrogen and oxygen atoms in total. The number of benzene rings is 2. The predicted molar refractivity (Wildman–Crippen MR) is 107 cm³/mol. The lowest BCUT2D eigenvalue weighted by molar-refractivity contribution is -0.0538. The van der Waals surface area contributed by atoms with Crippen LogP contribution in [0.15, 0.2) is 42.7 Å². The molecule has 2 aromatic carbocycles. The smallest absolute Gasteiger partial charge is 0.122 e. The summed E-state index contributed by atoms with van der Waals surface area (Å²) in [6, 6.07) is 12.5. The van der Waals surface area contributed by atoms with Crippen LogP contribution in [-0.2, 0) is 6.54 Å². The number of fused-ring (bicyclic) bond motifs is 1. The van der Waals surface area contributed by atoms with E-state index in [1.54, 1.807) is 6.33 Å². The molecule has 0 bridgehead atoms. The minimum absolute atomic E-state index is 0.352. The standard InChI is InChI=1S/C22H27N3O2/c1-16-3-6-21(17(2)11-16)27-14-22(26)7-9-25(10-8-22)13-18-4-5-19-20(12-18)24-15-23-19/h3-6,11-12,15,26H,7-10,13-14H2,1-2H3,(H,23,24). The number of hydrogen-bond donors (Lipinski definition) is 2. The predicted octanol–water partition coefficient (Wildman–Crippen LogP) is 3.59. The van der Waals surface area contributed by atoms with Crippen LogP contribution >= 0.6 is 0 Å². The molecule has 1 saturated heterocycles. The molecule has 0 amide bonds. The molecule has 142 valence electrons. The van der Waals surface area contributed by atoms with E-state index in [9.17, 15) is 5.11 Å². The van der Waals surface area contributed by atoms with E-state index >= 15 is 0 Å². The van der Waals surface area contributed by atoms with E-state index in [0.717, 1.165) is 54.8 Å². The summed E-state index contributed by atoms with van der Waals surface area (Å²) in [5, 5.41) is 10.9. The SMILES string of the molecule is Cc1ccc(OCC2(O)CCN(Cc3ccc4nc[nH]c4c3)CC2)c(C)c1. The van der Waals surface area contributed by atoms with E-state index in [2.05, 4.69) is 46.1 Å². The Morgan fingerprint density at radius 1 is 1.15 bits per heavy atom. The summed E-state index contributed by atoms with van der Waals surface area (Å²) in [5.41, 5.74) is 4.92. The zero-order valence-electron chi connectivity index (χ0n) is 16.0. The number of H-pyrrole nitrogens is 1. The first-order chi connectivity index (χ1) is 13.0. The molecule has 0 saturated carbocycles. The maximum absolute atomic E-state index is 10.9. The second-order valence-corrected chi connectivity index (χ2v) is 7.81. The first-order valence-corrected chi connectivity index (χ1v) is 9.58. The summed E-state index contributed by atoms with van der Waals surface area (Å²) in [7, 11) is 0. The summed E-state index contributed by atoms with van der Waals surface area (Å²) >= 11 is 0. The summed E-state index contributed by atoms with van der Waals surface area (Å²) in [6.45, 7) is 7.10. The number of hydrogen-bond acceptors (Lipinski definition) is 4.